The van der Waals surface area contributed by atoms with Gasteiger partial charge in [0.2, 0.25) is 10.0 Å². The molecule has 0 aliphatic carbocycles. The van der Waals surface area contributed by atoms with Gasteiger partial charge in [0.25, 0.3) is 5.69 Å². The first-order chi connectivity index (χ1) is 14.3. The van der Waals surface area contributed by atoms with Crippen molar-refractivity contribution in [2.75, 3.05) is 39.9 Å². The molecular weight excluding hydrogens is 410 g/mol. The van der Waals surface area contributed by atoms with Crippen LogP contribution in [-0.4, -0.2) is 62.4 Å². The van der Waals surface area contributed by atoms with Crippen LogP contribution >= 0.6 is 0 Å². The van der Waals surface area contributed by atoms with Crippen LogP contribution in [0.5, 0.6) is 11.5 Å². The predicted octanol–water partition coefficient (Wildman–Crippen LogP) is 2.51. The zero-order valence-electron chi connectivity index (χ0n) is 17.0. The molecule has 2 aromatic rings. The SMILES string of the molecule is CCOc1cc(CN2CCN(S(=O)(=O)c3ccc([N+](=O)[O-])cc3)CC2)ccc1OC. The summed E-state index contributed by atoms with van der Waals surface area (Å²) >= 11 is 0. The lowest BCUT2D eigenvalue weighted by Gasteiger charge is -2.34. The van der Waals surface area contributed by atoms with Crippen molar-refractivity contribution in [3.8, 4) is 11.5 Å². The lowest BCUT2D eigenvalue weighted by Crippen LogP contribution is -2.48. The van der Waals surface area contributed by atoms with Crippen LogP contribution in [0.2, 0.25) is 0 Å². The molecule has 0 spiro atoms. The average molecular weight is 436 g/mol. The summed E-state index contributed by atoms with van der Waals surface area (Å²) in [4.78, 5) is 12.5. The number of nitro groups is 1. The first-order valence-electron chi connectivity index (χ1n) is 9.62. The summed E-state index contributed by atoms with van der Waals surface area (Å²) in [6.45, 7) is 5.01. The number of rotatable bonds is 8. The van der Waals surface area contributed by atoms with Crippen LogP contribution in [-0.2, 0) is 16.6 Å². The number of hydrogen-bond acceptors (Lipinski definition) is 7. The van der Waals surface area contributed by atoms with Crippen molar-refractivity contribution in [3.05, 3.63) is 58.1 Å². The molecule has 9 nitrogen and oxygen atoms in total. The van der Waals surface area contributed by atoms with Crippen molar-refractivity contribution in [3.63, 3.8) is 0 Å². The number of nitro benzene ring substituents is 1. The van der Waals surface area contributed by atoms with E-state index in [1.54, 1.807) is 7.11 Å². The Balaban J connectivity index is 1.63. The van der Waals surface area contributed by atoms with Gasteiger partial charge in [-0.2, -0.15) is 4.31 Å². The molecule has 1 fully saturated rings. The highest BCUT2D eigenvalue weighted by Gasteiger charge is 2.29. The molecule has 0 radical (unpaired) electrons. The highest BCUT2D eigenvalue weighted by atomic mass is 32.2. The predicted molar refractivity (Wildman–Crippen MR) is 111 cm³/mol. The fourth-order valence-electron chi connectivity index (χ4n) is 3.36. The topological polar surface area (TPSA) is 102 Å². The second kappa shape index (κ2) is 9.41. The summed E-state index contributed by atoms with van der Waals surface area (Å²) in [5, 5.41) is 10.8. The van der Waals surface area contributed by atoms with E-state index in [0.29, 0.717) is 50.8 Å². The maximum atomic E-state index is 12.8. The molecular formula is C20H25N3O6S. The molecule has 2 aromatic carbocycles. The number of nitrogens with zero attached hydrogens (tertiary/aromatic N) is 3. The largest absolute Gasteiger partial charge is 0.493 e. The molecule has 0 N–H and O–H groups in total. The summed E-state index contributed by atoms with van der Waals surface area (Å²) in [5.41, 5.74) is 0.926. The van der Waals surface area contributed by atoms with Crippen molar-refractivity contribution >= 4 is 15.7 Å². The molecule has 10 heteroatoms. The Bertz CT molecular complexity index is 986. The number of non-ortho nitro benzene ring substituents is 1. The first-order valence-corrected chi connectivity index (χ1v) is 11.1. The molecule has 30 heavy (non-hydrogen) atoms. The highest BCUT2D eigenvalue weighted by Crippen LogP contribution is 2.29. The lowest BCUT2D eigenvalue weighted by molar-refractivity contribution is -0.384. The Labute approximate surface area is 176 Å². The average Bonchev–Trinajstić information content (AvgIpc) is 2.75. The van der Waals surface area contributed by atoms with Gasteiger partial charge in [-0.1, -0.05) is 6.07 Å². The van der Waals surface area contributed by atoms with Crippen LogP contribution in [0.1, 0.15) is 12.5 Å². The molecule has 1 aliphatic rings. The van der Waals surface area contributed by atoms with Crippen LogP contribution in [0.15, 0.2) is 47.4 Å². The number of hydrogen-bond donors (Lipinski definition) is 0. The standard InChI is InChI=1S/C20H25N3O6S/c1-3-29-20-14-16(4-9-19(20)28-2)15-21-10-12-22(13-11-21)30(26,27)18-7-5-17(6-8-18)23(24)25/h4-9,14H,3,10-13,15H2,1-2H3. The Morgan fingerprint density at radius 2 is 1.70 bits per heavy atom. The number of piperazine rings is 1. The summed E-state index contributed by atoms with van der Waals surface area (Å²) < 4.78 is 38.0. The molecule has 1 saturated heterocycles. The van der Waals surface area contributed by atoms with E-state index in [1.807, 2.05) is 25.1 Å². The fourth-order valence-corrected chi connectivity index (χ4v) is 4.79. The van der Waals surface area contributed by atoms with E-state index >= 15 is 0 Å². The highest BCUT2D eigenvalue weighted by molar-refractivity contribution is 7.89. The van der Waals surface area contributed by atoms with Crippen LogP contribution < -0.4 is 9.47 Å². The third kappa shape index (κ3) is 4.89. The Hall–Kier alpha value is -2.69. The number of benzene rings is 2. The van der Waals surface area contributed by atoms with Crippen molar-refractivity contribution in [1.29, 1.82) is 0 Å². The third-order valence-corrected chi connectivity index (χ3v) is 6.86. The Kier molecular flexibility index (Phi) is 6.91. The monoisotopic (exact) mass is 435 g/mol. The van der Waals surface area contributed by atoms with Crippen molar-refractivity contribution in [2.24, 2.45) is 0 Å². The lowest BCUT2D eigenvalue weighted by atomic mass is 10.1. The minimum Gasteiger partial charge on any atom is -0.493 e. The van der Waals surface area contributed by atoms with Gasteiger partial charge in [-0.3, -0.25) is 15.0 Å². The molecule has 0 unspecified atom stereocenters. The van der Waals surface area contributed by atoms with Gasteiger partial charge >= 0.3 is 0 Å². The van der Waals surface area contributed by atoms with E-state index in [0.717, 1.165) is 5.56 Å². The van der Waals surface area contributed by atoms with Gasteiger partial charge in [-0.25, -0.2) is 8.42 Å². The number of methoxy groups -OCH3 is 1. The van der Waals surface area contributed by atoms with Crippen LogP contribution in [0.3, 0.4) is 0 Å². The fraction of sp³-hybridized carbons (Fsp3) is 0.400. The summed E-state index contributed by atoms with van der Waals surface area (Å²) in [6.07, 6.45) is 0. The molecule has 0 aromatic heterocycles. The van der Waals surface area contributed by atoms with E-state index in [-0.39, 0.29) is 10.6 Å². The van der Waals surface area contributed by atoms with Gasteiger partial charge in [0.1, 0.15) is 0 Å². The summed E-state index contributed by atoms with van der Waals surface area (Å²) in [7, 11) is -2.08. The smallest absolute Gasteiger partial charge is 0.269 e. The minimum absolute atomic E-state index is 0.0676. The van der Waals surface area contributed by atoms with Crippen LogP contribution in [0, 0.1) is 10.1 Å². The maximum Gasteiger partial charge on any atom is 0.269 e. The summed E-state index contributed by atoms with van der Waals surface area (Å²) in [5.74, 6) is 1.37. The van der Waals surface area contributed by atoms with E-state index in [9.17, 15) is 18.5 Å². The van der Waals surface area contributed by atoms with Crippen molar-refractivity contribution < 1.29 is 22.8 Å². The zero-order chi connectivity index (χ0) is 21.7. The molecule has 0 saturated carbocycles. The molecule has 1 heterocycles. The number of ether oxygens (including phenoxy) is 2. The molecule has 0 amide bonds. The Morgan fingerprint density at radius 3 is 2.27 bits per heavy atom. The van der Waals surface area contributed by atoms with Crippen LogP contribution in [0.4, 0.5) is 5.69 Å². The van der Waals surface area contributed by atoms with Gasteiger partial charge in [-0.05, 0) is 36.8 Å². The first kappa shape index (κ1) is 22.0. The van der Waals surface area contributed by atoms with Gasteiger partial charge in [-0.15, -0.1) is 0 Å². The second-order valence-electron chi connectivity index (χ2n) is 6.85. The van der Waals surface area contributed by atoms with E-state index in [4.69, 9.17) is 9.47 Å². The van der Waals surface area contributed by atoms with Gasteiger partial charge in [0.15, 0.2) is 11.5 Å². The minimum atomic E-state index is -3.68. The van der Waals surface area contributed by atoms with E-state index < -0.39 is 14.9 Å². The quantitative estimate of drug-likeness (QED) is 0.464. The van der Waals surface area contributed by atoms with Crippen molar-refractivity contribution in [1.82, 2.24) is 9.21 Å². The van der Waals surface area contributed by atoms with Crippen molar-refractivity contribution in [2.45, 2.75) is 18.4 Å². The van der Waals surface area contributed by atoms with Gasteiger partial charge < -0.3 is 9.47 Å². The maximum absolute atomic E-state index is 12.8. The normalized spacial score (nSPS) is 15.7. The van der Waals surface area contributed by atoms with Gasteiger partial charge in [0.05, 0.1) is 23.5 Å². The second-order valence-corrected chi connectivity index (χ2v) is 8.79. The number of sulfonamides is 1. The van der Waals surface area contributed by atoms with Gasteiger partial charge in [0, 0.05) is 44.9 Å². The Morgan fingerprint density at radius 1 is 1.03 bits per heavy atom. The molecule has 1 aliphatic heterocycles. The zero-order valence-corrected chi connectivity index (χ0v) is 17.8. The van der Waals surface area contributed by atoms with Crippen LogP contribution in [0.25, 0.3) is 0 Å². The molecule has 162 valence electrons. The molecule has 3 rings (SSSR count). The third-order valence-electron chi connectivity index (χ3n) is 4.95. The summed E-state index contributed by atoms with van der Waals surface area (Å²) in [6, 6.07) is 10.8. The van der Waals surface area contributed by atoms with E-state index in [2.05, 4.69) is 4.90 Å². The van der Waals surface area contributed by atoms with E-state index in [1.165, 1.54) is 28.6 Å². The molecule has 0 atom stereocenters. The molecule has 0 bridgehead atoms.